The second-order valence-electron chi connectivity index (χ2n) is 11.7. The fraction of sp³-hybridized carbons (Fsp3) is 0.394. The van der Waals surface area contributed by atoms with Gasteiger partial charge in [0.05, 0.1) is 11.9 Å². The maximum absolute atomic E-state index is 14.2. The molecule has 9 heteroatoms. The zero-order valence-electron chi connectivity index (χ0n) is 25.3. The normalized spacial score (nSPS) is 13.2. The highest BCUT2D eigenvalue weighted by Gasteiger charge is 2.33. The van der Waals surface area contributed by atoms with Gasteiger partial charge in [0.1, 0.15) is 12.6 Å². The second-order valence-corrected chi connectivity index (χ2v) is 14.1. The van der Waals surface area contributed by atoms with E-state index in [0.29, 0.717) is 10.7 Å². The number of sulfonamides is 1. The Morgan fingerprint density at radius 2 is 1.50 bits per heavy atom. The van der Waals surface area contributed by atoms with E-state index in [1.54, 1.807) is 36.4 Å². The number of amides is 2. The van der Waals surface area contributed by atoms with Crippen LogP contribution in [0.25, 0.3) is 0 Å². The second kappa shape index (κ2) is 14.2. The Morgan fingerprint density at radius 1 is 0.905 bits per heavy atom. The minimum Gasteiger partial charge on any atom is -0.352 e. The third-order valence-electron chi connectivity index (χ3n) is 7.24. The van der Waals surface area contributed by atoms with E-state index in [9.17, 15) is 18.0 Å². The smallest absolute Gasteiger partial charge is 0.244 e. The van der Waals surface area contributed by atoms with Crippen LogP contribution in [-0.4, -0.2) is 50.0 Å². The highest BCUT2D eigenvalue weighted by atomic mass is 35.5. The summed E-state index contributed by atoms with van der Waals surface area (Å²) in [6.07, 6.45) is 2.07. The maximum Gasteiger partial charge on any atom is 0.244 e. The molecule has 0 saturated carbocycles. The molecule has 0 fully saturated rings. The van der Waals surface area contributed by atoms with Crippen molar-refractivity contribution in [3.05, 3.63) is 101 Å². The van der Waals surface area contributed by atoms with Crippen LogP contribution in [0.5, 0.6) is 0 Å². The molecule has 0 spiro atoms. The molecule has 3 aromatic carbocycles. The number of anilines is 1. The molecular weight excluding hydrogens is 570 g/mol. The number of hydrogen-bond donors (Lipinski definition) is 1. The first-order chi connectivity index (χ1) is 19.7. The van der Waals surface area contributed by atoms with E-state index < -0.39 is 28.5 Å². The van der Waals surface area contributed by atoms with E-state index in [-0.39, 0.29) is 30.3 Å². The Kier molecular flexibility index (Phi) is 11.2. The van der Waals surface area contributed by atoms with E-state index in [0.717, 1.165) is 33.7 Å². The number of carbonyl (C=O) groups excluding carboxylic acids is 2. The van der Waals surface area contributed by atoms with Crippen molar-refractivity contribution in [3.63, 3.8) is 0 Å². The molecule has 2 amide bonds. The van der Waals surface area contributed by atoms with Crippen LogP contribution in [0, 0.1) is 0 Å². The lowest BCUT2D eigenvalue weighted by atomic mass is 9.87. The van der Waals surface area contributed by atoms with E-state index in [1.807, 2.05) is 56.3 Å². The van der Waals surface area contributed by atoms with Gasteiger partial charge in [0, 0.05) is 24.0 Å². The van der Waals surface area contributed by atoms with Crippen molar-refractivity contribution in [2.75, 3.05) is 17.1 Å². The monoisotopic (exact) mass is 611 g/mol. The zero-order valence-corrected chi connectivity index (χ0v) is 26.9. The van der Waals surface area contributed by atoms with Gasteiger partial charge in [-0.2, -0.15) is 0 Å². The van der Waals surface area contributed by atoms with Gasteiger partial charge in [0.15, 0.2) is 0 Å². The number of halogens is 1. The fourth-order valence-electron chi connectivity index (χ4n) is 4.52. The predicted molar refractivity (Wildman–Crippen MR) is 171 cm³/mol. The van der Waals surface area contributed by atoms with Crippen LogP contribution >= 0.6 is 11.6 Å². The van der Waals surface area contributed by atoms with Crippen molar-refractivity contribution in [2.24, 2.45) is 0 Å². The fourth-order valence-corrected chi connectivity index (χ4v) is 5.50. The van der Waals surface area contributed by atoms with Crippen molar-refractivity contribution in [1.82, 2.24) is 10.2 Å². The Bertz CT molecular complexity index is 1440. The van der Waals surface area contributed by atoms with Crippen molar-refractivity contribution >= 4 is 39.1 Å². The molecule has 1 N–H and O–H groups in total. The largest absolute Gasteiger partial charge is 0.352 e. The number of nitrogens with one attached hydrogen (secondary N) is 1. The average Bonchev–Trinajstić information content (AvgIpc) is 2.94. The average molecular weight is 612 g/mol. The zero-order chi connectivity index (χ0) is 31.1. The van der Waals surface area contributed by atoms with E-state index in [1.165, 1.54) is 4.90 Å². The summed E-state index contributed by atoms with van der Waals surface area (Å²) in [7, 11) is -3.83. The summed E-state index contributed by atoms with van der Waals surface area (Å²) < 4.78 is 27.1. The molecule has 0 aromatic heterocycles. The Morgan fingerprint density at radius 3 is 2.02 bits per heavy atom. The molecule has 0 heterocycles. The van der Waals surface area contributed by atoms with Gasteiger partial charge >= 0.3 is 0 Å². The summed E-state index contributed by atoms with van der Waals surface area (Å²) >= 11 is 6.11. The van der Waals surface area contributed by atoms with Crippen LogP contribution in [0.2, 0.25) is 5.02 Å². The summed E-state index contributed by atoms with van der Waals surface area (Å²) in [5.41, 5.74) is 2.96. The maximum atomic E-state index is 14.2. The number of nitrogens with zero attached hydrogens (tertiary/aromatic N) is 2. The van der Waals surface area contributed by atoms with E-state index >= 15 is 0 Å². The van der Waals surface area contributed by atoms with Crippen LogP contribution < -0.4 is 9.62 Å². The van der Waals surface area contributed by atoms with Gasteiger partial charge < -0.3 is 10.2 Å². The van der Waals surface area contributed by atoms with Gasteiger partial charge in [-0.05, 0) is 59.7 Å². The summed E-state index contributed by atoms with van der Waals surface area (Å²) in [6.45, 7) is 9.76. The van der Waals surface area contributed by atoms with Gasteiger partial charge in [0.25, 0.3) is 0 Å². The first kappa shape index (κ1) is 33.1. The van der Waals surface area contributed by atoms with Crippen LogP contribution in [0.15, 0.2) is 78.9 Å². The number of benzene rings is 3. The van der Waals surface area contributed by atoms with Gasteiger partial charge in [-0.3, -0.25) is 13.9 Å². The summed E-state index contributed by atoms with van der Waals surface area (Å²) in [5, 5.41) is 3.58. The lowest BCUT2D eigenvalue weighted by molar-refractivity contribution is -0.140. The molecule has 2 atom stereocenters. The van der Waals surface area contributed by atoms with Crippen molar-refractivity contribution < 1.29 is 18.0 Å². The number of carbonyl (C=O) groups is 2. The molecule has 0 aliphatic rings. The molecule has 226 valence electrons. The summed E-state index contributed by atoms with van der Waals surface area (Å²) in [5.74, 6) is -0.786. The lowest BCUT2D eigenvalue weighted by Crippen LogP contribution is -2.54. The highest BCUT2D eigenvalue weighted by Crippen LogP contribution is 2.26. The Hall–Kier alpha value is -3.36. The molecule has 0 saturated heterocycles. The standard InChI is InChI=1S/C33H42ClN3O4S/c1-7-24(2)35-32(39)30(21-25-11-9-8-10-12-25)36(22-26-13-17-28(34)18-14-26)31(38)23-37(42(6,40)41)29-19-15-27(16-20-29)33(3,4)5/h8-20,24,30H,7,21-23H2,1-6H3,(H,35,39). The quantitative estimate of drug-likeness (QED) is 0.274. The predicted octanol–water partition coefficient (Wildman–Crippen LogP) is 5.96. The van der Waals surface area contributed by atoms with E-state index in [2.05, 4.69) is 26.1 Å². The highest BCUT2D eigenvalue weighted by molar-refractivity contribution is 7.92. The van der Waals surface area contributed by atoms with Crippen LogP contribution in [0.4, 0.5) is 5.69 Å². The molecular formula is C33H42ClN3O4S. The first-order valence-corrected chi connectivity index (χ1v) is 16.4. The molecule has 3 rings (SSSR count). The topological polar surface area (TPSA) is 86.8 Å². The van der Waals surface area contributed by atoms with Gasteiger partial charge in [-0.15, -0.1) is 0 Å². The molecule has 0 aliphatic heterocycles. The van der Waals surface area contributed by atoms with Gasteiger partial charge in [-0.1, -0.05) is 93.9 Å². The van der Waals surface area contributed by atoms with Crippen molar-refractivity contribution in [2.45, 2.75) is 71.5 Å². The minimum absolute atomic E-state index is 0.0992. The Labute approximate surface area is 255 Å². The minimum atomic E-state index is -3.83. The summed E-state index contributed by atoms with van der Waals surface area (Å²) in [6, 6.07) is 22.7. The van der Waals surface area contributed by atoms with Crippen LogP contribution in [-0.2, 0) is 38.0 Å². The SMILES string of the molecule is CCC(C)NC(=O)C(Cc1ccccc1)N(Cc1ccc(Cl)cc1)C(=O)CN(c1ccc(C(C)(C)C)cc1)S(C)(=O)=O. The van der Waals surface area contributed by atoms with Gasteiger partial charge in [0.2, 0.25) is 21.8 Å². The van der Waals surface area contributed by atoms with Crippen molar-refractivity contribution in [1.29, 1.82) is 0 Å². The molecule has 0 aliphatic carbocycles. The van der Waals surface area contributed by atoms with Crippen molar-refractivity contribution in [3.8, 4) is 0 Å². The molecule has 3 aromatic rings. The molecule has 0 bridgehead atoms. The third kappa shape index (κ3) is 9.33. The molecule has 0 radical (unpaired) electrons. The molecule has 7 nitrogen and oxygen atoms in total. The lowest BCUT2D eigenvalue weighted by Gasteiger charge is -2.34. The number of hydrogen-bond acceptors (Lipinski definition) is 4. The van der Waals surface area contributed by atoms with E-state index in [4.69, 9.17) is 11.6 Å². The van der Waals surface area contributed by atoms with Crippen LogP contribution in [0.1, 0.15) is 57.7 Å². The molecule has 42 heavy (non-hydrogen) atoms. The number of rotatable bonds is 12. The Balaban J connectivity index is 2.05. The summed E-state index contributed by atoms with van der Waals surface area (Å²) in [4.78, 5) is 29.4. The molecule has 2 unspecified atom stereocenters. The van der Waals surface area contributed by atoms with Gasteiger partial charge in [-0.25, -0.2) is 8.42 Å². The third-order valence-corrected chi connectivity index (χ3v) is 8.63. The van der Waals surface area contributed by atoms with Crippen LogP contribution in [0.3, 0.4) is 0 Å². The first-order valence-electron chi connectivity index (χ1n) is 14.2.